The van der Waals surface area contributed by atoms with Crippen molar-refractivity contribution in [2.45, 2.75) is 39.4 Å². The summed E-state index contributed by atoms with van der Waals surface area (Å²) in [7, 11) is -3.89. The number of hydrogen-bond acceptors (Lipinski definition) is 5. The zero-order valence-electron chi connectivity index (χ0n) is 10.8. The molecule has 1 saturated heterocycles. The second-order valence-electron chi connectivity index (χ2n) is 4.75. The number of amides is 1. The molecule has 0 aromatic carbocycles. The van der Waals surface area contributed by atoms with E-state index in [2.05, 4.69) is 0 Å². The Hall–Kier alpha value is -0.860. The number of hydrogen-bond donors (Lipinski definition) is 2. The van der Waals surface area contributed by atoms with Gasteiger partial charge in [0.15, 0.2) is 0 Å². The molecule has 0 spiro atoms. The van der Waals surface area contributed by atoms with E-state index >= 15 is 0 Å². The summed E-state index contributed by atoms with van der Waals surface area (Å²) in [5.41, 5.74) is 0. The van der Waals surface area contributed by atoms with E-state index in [9.17, 15) is 18.3 Å². The lowest BCUT2D eigenvalue weighted by Gasteiger charge is -2.33. The maximum Gasteiger partial charge on any atom is 0.422 e. The van der Waals surface area contributed by atoms with E-state index in [4.69, 9.17) is 4.74 Å². The summed E-state index contributed by atoms with van der Waals surface area (Å²) < 4.78 is 31.4. The summed E-state index contributed by atoms with van der Waals surface area (Å²) in [6, 6.07) is 0. The van der Waals surface area contributed by atoms with Crippen molar-refractivity contribution in [3.05, 3.63) is 0 Å². The summed E-state index contributed by atoms with van der Waals surface area (Å²) in [4.78, 5) is 11.3. The van der Waals surface area contributed by atoms with Crippen molar-refractivity contribution in [2.24, 2.45) is 5.92 Å². The van der Waals surface area contributed by atoms with Crippen LogP contribution in [0.1, 0.15) is 27.2 Å². The molecule has 0 saturated carbocycles. The fourth-order valence-corrected chi connectivity index (χ4v) is 2.89. The van der Waals surface area contributed by atoms with Crippen molar-refractivity contribution in [3.63, 3.8) is 0 Å². The predicted molar refractivity (Wildman–Crippen MR) is 65.0 cm³/mol. The number of aliphatic hydroxyl groups is 1. The number of carbonyl (C=O) groups excluding carboxylic acids is 1. The van der Waals surface area contributed by atoms with Crippen LogP contribution in [0.15, 0.2) is 0 Å². The molecule has 2 unspecified atom stereocenters. The van der Waals surface area contributed by atoms with Crippen LogP contribution >= 0.6 is 0 Å². The van der Waals surface area contributed by atoms with Gasteiger partial charge in [-0.2, -0.15) is 12.7 Å². The number of carbonyl (C=O) groups is 1. The minimum Gasteiger partial charge on any atom is -0.446 e. The normalized spacial score (nSPS) is 26.1. The molecule has 18 heavy (non-hydrogen) atoms. The fourth-order valence-electron chi connectivity index (χ4n) is 1.72. The quantitative estimate of drug-likeness (QED) is 0.762. The maximum absolute atomic E-state index is 11.9. The lowest BCUT2D eigenvalue weighted by molar-refractivity contribution is 0.0622. The summed E-state index contributed by atoms with van der Waals surface area (Å²) >= 11 is 0. The number of ether oxygens (including phenoxy) is 1. The van der Waals surface area contributed by atoms with Gasteiger partial charge in [-0.15, -0.1) is 0 Å². The standard InChI is InChI=1S/C10H20N2O5S/c1-7(2)17-10(14)11-18(15,16)12-5-4-9(13)8(3)6-12/h7-9,13H,4-6H2,1-3H3,(H,11,14). The molecule has 1 fully saturated rings. The first-order chi connectivity index (χ1) is 8.22. The Morgan fingerprint density at radius 2 is 2.11 bits per heavy atom. The second-order valence-corrected chi connectivity index (χ2v) is 6.42. The molecule has 7 nitrogen and oxygen atoms in total. The van der Waals surface area contributed by atoms with Crippen LogP contribution in [0.3, 0.4) is 0 Å². The average Bonchev–Trinajstić information content (AvgIpc) is 2.19. The van der Waals surface area contributed by atoms with Gasteiger partial charge in [-0.05, 0) is 26.2 Å². The highest BCUT2D eigenvalue weighted by Gasteiger charge is 2.32. The van der Waals surface area contributed by atoms with E-state index in [1.807, 2.05) is 4.72 Å². The Kier molecular flexibility index (Phi) is 4.94. The largest absolute Gasteiger partial charge is 0.446 e. The molecule has 0 aliphatic carbocycles. The molecule has 1 aliphatic heterocycles. The van der Waals surface area contributed by atoms with Crippen LogP contribution in [0.5, 0.6) is 0 Å². The van der Waals surface area contributed by atoms with Crippen LogP contribution in [-0.2, 0) is 14.9 Å². The molecular formula is C10H20N2O5S. The zero-order chi connectivity index (χ0) is 13.9. The smallest absolute Gasteiger partial charge is 0.422 e. The van der Waals surface area contributed by atoms with Crippen molar-refractivity contribution in [1.82, 2.24) is 9.03 Å². The van der Waals surface area contributed by atoms with Gasteiger partial charge in [0.1, 0.15) is 0 Å². The summed E-state index contributed by atoms with van der Waals surface area (Å²) in [6.45, 7) is 5.40. The van der Waals surface area contributed by atoms with E-state index in [0.717, 1.165) is 4.31 Å². The van der Waals surface area contributed by atoms with Crippen LogP contribution in [0.2, 0.25) is 0 Å². The third-order valence-electron chi connectivity index (χ3n) is 2.72. The van der Waals surface area contributed by atoms with Gasteiger partial charge < -0.3 is 9.84 Å². The second kappa shape index (κ2) is 5.85. The highest BCUT2D eigenvalue weighted by molar-refractivity contribution is 7.87. The molecular weight excluding hydrogens is 260 g/mol. The Labute approximate surface area is 107 Å². The molecule has 8 heteroatoms. The van der Waals surface area contributed by atoms with E-state index in [1.165, 1.54) is 0 Å². The minimum absolute atomic E-state index is 0.156. The number of nitrogens with zero attached hydrogens (tertiary/aromatic N) is 1. The van der Waals surface area contributed by atoms with E-state index < -0.39 is 22.4 Å². The van der Waals surface area contributed by atoms with Crippen LogP contribution in [0.25, 0.3) is 0 Å². The number of aliphatic hydroxyl groups excluding tert-OH is 1. The van der Waals surface area contributed by atoms with Gasteiger partial charge in [0.2, 0.25) is 0 Å². The van der Waals surface area contributed by atoms with Gasteiger partial charge in [-0.25, -0.2) is 9.52 Å². The molecule has 0 aromatic rings. The molecule has 1 aliphatic rings. The Balaban J connectivity index is 2.61. The third-order valence-corrected chi connectivity index (χ3v) is 4.15. The van der Waals surface area contributed by atoms with Gasteiger partial charge in [0, 0.05) is 13.1 Å². The molecule has 2 atom stereocenters. The molecule has 0 aromatic heterocycles. The van der Waals surface area contributed by atoms with Gasteiger partial charge in [0.25, 0.3) is 0 Å². The average molecular weight is 280 g/mol. The van der Waals surface area contributed by atoms with E-state index in [-0.39, 0.29) is 25.1 Å². The first-order valence-electron chi connectivity index (χ1n) is 5.89. The van der Waals surface area contributed by atoms with Crippen molar-refractivity contribution in [2.75, 3.05) is 13.1 Å². The third kappa shape index (κ3) is 4.11. The highest BCUT2D eigenvalue weighted by Crippen LogP contribution is 2.18. The molecule has 1 amide bonds. The van der Waals surface area contributed by atoms with Crippen LogP contribution in [-0.4, -0.2) is 49.2 Å². The number of piperidine rings is 1. The van der Waals surface area contributed by atoms with Crippen molar-refractivity contribution in [1.29, 1.82) is 0 Å². The molecule has 1 rings (SSSR count). The van der Waals surface area contributed by atoms with E-state index in [1.54, 1.807) is 20.8 Å². The van der Waals surface area contributed by atoms with Crippen molar-refractivity contribution in [3.8, 4) is 0 Å². The van der Waals surface area contributed by atoms with Gasteiger partial charge in [0.05, 0.1) is 12.2 Å². The van der Waals surface area contributed by atoms with Crippen molar-refractivity contribution < 1.29 is 23.1 Å². The molecule has 1 heterocycles. The van der Waals surface area contributed by atoms with E-state index in [0.29, 0.717) is 6.42 Å². The topological polar surface area (TPSA) is 95.9 Å². The summed E-state index contributed by atoms with van der Waals surface area (Å²) in [5, 5.41) is 9.53. The molecule has 0 radical (unpaired) electrons. The van der Waals surface area contributed by atoms with Crippen LogP contribution in [0, 0.1) is 5.92 Å². The summed E-state index contributed by atoms with van der Waals surface area (Å²) in [5.74, 6) is -0.156. The fraction of sp³-hybridized carbons (Fsp3) is 0.900. The highest BCUT2D eigenvalue weighted by atomic mass is 32.2. The monoisotopic (exact) mass is 280 g/mol. The number of nitrogens with one attached hydrogen (secondary N) is 1. The number of rotatable bonds is 3. The Morgan fingerprint density at radius 1 is 1.50 bits per heavy atom. The molecule has 106 valence electrons. The maximum atomic E-state index is 11.9. The Bertz CT molecular complexity index is 395. The SMILES string of the molecule is CC(C)OC(=O)NS(=O)(=O)N1CCC(O)C(C)C1. The van der Waals surface area contributed by atoms with Crippen LogP contribution < -0.4 is 4.72 Å². The predicted octanol–water partition coefficient (Wildman–Crippen LogP) is 0.0685. The van der Waals surface area contributed by atoms with Gasteiger partial charge in [-0.3, -0.25) is 0 Å². The first-order valence-corrected chi connectivity index (χ1v) is 7.33. The summed E-state index contributed by atoms with van der Waals surface area (Å²) in [6.07, 6.45) is -1.51. The molecule has 2 N–H and O–H groups in total. The Morgan fingerprint density at radius 3 is 2.61 bits per heavy atom. The minimum atomic E-state index is -3.89. The lowest BCUT2D eigenvalue weighted by Crippen LogP contribution is -2.50. The van der Waals surface area contributed by atoms with Crippen LogP contribution in [0.4, 0.5) is 4.79 Å². The molecule has 0 bridgehead atoms. The zero-order valence-corrected chi connectivity index (χ0v) is 11.6. The first kappa shape index (κ1) is 15.2. The van der Waals surface area contributed by atoms with Crippen molar-refractivity contribution >= 4 is 16.3 Å². The van der Waals surface area contributed by atoms with Gasteiger partial charge >= 0.3 is 16.3 Å². The van der Waals surface area contributed by atoms with Gasteiger partial charge in [-0.1, -0.05) is 6.92 Å². The lowest BCUT2D eigenvalue weighted by atomic mass is 9.99.